The highest BCUT2D eigenvalue weighted by molar-refractivity contribution is 5.65. The molecule has 1 aliphatic heterocycles. The van der Waals surface area contributed by atoms with Crippen molar-refractivity contribution in [3.63, 3.8) is 0 Å². The average molecular weight is 457 g/mol. The second kappa shape index (κ2) is 10.4. The maximum atomic E-state index is 10.6. The Labute approximate surface area is 198 Å². The van der Waals surface area contributed by atoms with Crippen LogP contribution in [0.15, 0.2) is 66.7 Å². The summed E-state index contributed by atoms with van der Waals surface area (Å²) >= 11 is 0. The molecule has 1 amide bonds. The minimum Gasteiger partial charge on any atom is -0.492 e. The molecular weight excluding hydrogens is 428 g/mol. The Morgan fingerprint density at radius 3 is 2.65 bits per heavy atom. The lowest BCUT2D eigenvalue weighted by atomic mass is 10.1. The molecule has 5 rings (SSSR count). The number of benzene rings is 2. The number of carbonyl (C=O) groups is 1. The molecule has 1 saturated heterocycles. The topological polar surface area (TPSA) is 83.8 Å². The van der Waals surface area contributed by atoms with Crippen molar-refractivity contribution >= 4 is 23.7 Å². The Bertz CT molecular complexity index is 1250. The van der Waals surface area contributed by atoms with Crippen LogP contribution in [0.2, 0.25) is 0 Å². The molecule has 4 aromatic rings. The van der Waals surface area contributed by atoms with Crippen molar-refractivity contribution in [2.45, 2.75) is 19.4 Å². The molecular formula is C26H28N6O2. The van der Waals surface area contributed by atoms with Crippen molar-refractivity contribution in [3.05, 3.63) is 72.3 Å². The van der Waals surface area contributed by atoms with E-state index in [4.69, 9.17) is 4.74 Å². The molecule has 0 radical (unpaired) electrons. The zero-order valence-corrected chi connectivity index (χ0v) is 19.0. The SMILES string of the molecule is O=CNCc1cccc(-c2cccc3nc(Nc4ccc(OCCN5CCCC5)cc4)nn23)c1. The number of likely N-dealkylation sites (tertiary alicyclic amines) is 1. The van der Waals surface area contributed by atoms with Crippen LogP contribution >= 0.6 is 0 Å². The van der Waals surface area contributed by atoms with Crippen molar-refractivity contribution in [3.8, 4) is 17.0 Å². The number of hydrogen-bond acceptors (Lipinski definition) is 6. The number of hydrogen-bond donors (Lipinski definition) is 2. The van der Waals surface area contributed by atoms with E-state index < -0.39 is 0 Å². The van der Waals surface area contributed by atoms with Gasteiger partial charge in [-0.2, -0.15) is 4.98 Å². The number of nitrogens with one attached hydrogen (secondary N) is 2. The molecule has 8 nitrogen and oxygen atoms in total. The minimum absolute atomic E-state index is 0.482. The highest BCUT2D eigenvalue weighted by Gasteiger charge is 2.12. The molecule has 1 aliphatic rings. The largest absolute Gasteiger partial charge is 0.492 e. The molecule has 0 bridgehead atoms. The van der Waals surface area contributed by atoms with Crippen molar-refractivity contribution in [1.29, 1.82) is 0 Å². The number of pyridine rings is 1. The molecule has 1 fully saturated rings. The number of fused-ring (bicyclic) bond motifs is 1. The van der Waals surface area contributed by atoms with Crippen molar-refractivity contribution in [2.24, 2.45) is 0 Å². The number of rotatable bonds is 10. The third-order valence-electron chi connectivity index (χ3n) is 5.96. The summed E-state index contributed by atoms with van der Waals surface area (Å²) in [6, 6.07) is 21.8. The van der Waals surface area contributed by atoms with Crippen LogP contribution < -0.4 is 15.4 Å². The summed E-state index contributed by atoms with van der Waals surface area (Å²) < 4.78 is 7.72. The molecule has 0 aliphatic carbocycles. The van der Waals surface area contributed by atoms with Gasteiger partial charge in [0, 0.05) is 24.3 Å². The van der Waals surface area contributed by atoms with Gasteiger partial charge in [0.1, 0.15) is 12.4 Å². The lowest BCUT2D eigenvalue weighted by Crippen LogP contribution is -2.25. The molecule has 0 unspecified atom stereocenters. The van der Waals surface area contributed by atoms with Crippen molar-refractivity contribution < 1.29 is 9.53 Å². The van der Waals surface area contributed by atoms with E-state index in [1.807, 2.05) is 71.2 Å². The molecule has 174 valence electrons. The third-order valence-corrected chi connectivity index (χ3v) is 5.96. The maximum absolute atomic E-state index is 10.6. The van der Waals surface area contributed by atoms with Gasteiger partial charge >= 0.3 is 0 Å². The fourth-order valence-electron chi connectivity index (χ4n) is 4.24. The first-order valence-corrected chi connectivity index (χ1v) is 11.6. The Balaban J connectivity index is 1.27. The Morgan fingerprint density at radius 1 is 1.00 bits per heavy atom. The highest BCUT2D eigenvalue weighted by Crippen LogP contribution is 2.24. The molecule has 2 aromatic carbocycles. The molecule has 3 heterocycles. The summed E-state index contributed by atoms with van der Waals surface area (Å²) in [7, 11) is 0. The maximum Gasteiger partial charge on any atom is 0.247 e. The zero-order valence-electron chi connectivity index (χ0n) is 19.0. The van der Waals surface area contributed by atoms with Gasteiger partial charge in [0.05, 0.1) is 5.69 Å². The van der Waals surface area contributed by atoms with Crippen LogP contribution in [0.1, 0.15) is 18.4 Å². The summed E-state index contributed by atoms with van der Waals surface area (Å²) in [6.45, 7) is 4.53. The fraction of sp³-hybridized carbons (Fsp3) is 0.269. The monoisotopic (exact) mass is 456 g/mol. The van der Waals surface area contributed by atoms with Gasteiger partial charge < -0.3 is 15.4 Å². The molecule has 2 aromatic heterocycles. The zero-order chi connectivity index (χ0) is 23.2. The summed E-state index contributed by atoms with van der Waals surface area (Å²) in [5, 5.41) is 10.7. The summed E-state index contributed by atoms with van der Waals surface area (Å²) in [5.74, 6) is 1.38. The first-order valence-electron chi connectivity index (χ1n) is 11.6. The smallest absolute Gasteiger partial charge is 0.247 e. The third kappa shape index (κ3) is 5.18. The lowest BCUT2D eigenvalue weighted by Gasteiger charge is -2.15. The molecule has 0 atom stereocenters. The fourth-order valence-corrected chi connectivity index (χ4v) is 4.24. The second-order valence-electron chi connectivity index (χ2n) is 8.36. The van der Waals surface area contributed by atoms with Gasteiger partial charge in [-0.1, -0.05) is 24.3 Å². The summed E-state index contributed by atoms with van der Waals surface area (Å²) in [6.07, 6.45) is 3.30. The Morgan fingerprint density at radius 2 is 1.82 bits per heavy atom. The number of anilines is 2. The first-order chi connectivity index (χ1) is 16.8. The quantitative estimate of drug-likeness (QED) is 0.353. The summed E-state index contributed by atoms with van der Waals surface area (Å²) in [4.78, 5) is 17.7. The number of amides is 1. The van der Waals surface area contributed by atoms with Crippen LogP contribution in [0.3, 0.4) is 0 Å². The second-order valence-corrected chi connectivity index (χ2v) is 8.36. The highest BCUT2D eigenvalue weighted by atomic mass is 16.5. The van der Waals surface area contributed by atoms with E-state index in [0.717, 1.165) is 40.4 Å². The van der Waals surface area contributed by atoms with E-state index in [2.05, 4.69) is 25.6 Å². The predicted molar refractivity (Wildman–Crippen MR) is 132 cm³/mol. The van der Waals surface area contributed by atoms with Gasteiger partial charge in [-0.15, -0.1) is 5.10 Å². The van der Waals surface area contributed by atoms with Gasteiger partial charge in [-0.05, 0) is 74.0 Å². The normalized spacial score (nSPS) is 13.8. The predicted octanol–water partition coefficient (Wildman–Crippen LogP) is 3.86. The minimum atomic E-state index is 0.482. The number of nitrogens with zero attached hydrogens (tertiary/aromatic N) is 4. The summed E-state index contributed by atoms with van der Waals surface area (Å²) in [5.41, 5.74) is 4.59. The van der Waals surface area contributed by atoms with Crippen molar-refractivity contribution in [2.75, 3.05) is 31.6 Å². The number of carbonyl (C=O) groups excluding carboxylic acids is 1. The van der Waals surface area contributed by atoms with Crippen LogP contribution in [0.5, 0.6) is 5.75 Å². The first kappa shape index (κ1) is 21.9. The van der Waals surface area contributed by atoms with Crippen LogP contribution in [0.25, 0.3) is 16.9 Å². The standard InChI is InChI=1S/C26H28N6O2/c33-19-27-18-20-5-3-6-21(17-20)24-7-4-8-25-29-26(30-32(24)25)28-22-9-11-23(12-10-22)34-16-15-31-13-1-2-14-31/h3-12,17,19H,1-2,13-16,18H2,(H,27,33)(H,28,30). The van der Waals surface area contributed by atoms with E-state index in [1.54, 1.807) is 0 Å². The van der Waals surface area contributed by atoms with Crippen molar-refractivity contribution in [1.82, 2.24) is 24.8 Å². The van der Waals surface area contributed by atoms with Gasteiger partial charge in [-0.25, -0.2) is 4.52 Å². The Kier molecular flexibility index (Phi) is 6.67. The van der Waals surface area contributed by atoms with E-state index in [1.165, 1.54) is 25.9 Å². The van der Waals surface area contributed by atoms with E-state index in [0.29, 0.717) is 25.5 Å². The molecule has 2 N–H and O–H groups in total. The Hall–Kier alpha value is -3.91. The lowest BCUT2D eigenvalue weighted by molar-refractivity contribution is -0.109. The van der Waals surface area contributed by atoms with Crippen LogP contribution in [0, 0.1) is 0 Å². The van der Waals surface area contributed by atoms with E-state index in [-0.39, 0.29) is 0 Å². The van der Waals surface area contributed by atoms with Crippen LogP contribution in [-0.4, -0.2) is 52.1 Å². The average Bonchev–Trinajstić information content (AvgIpc) is 3.53. The molecule has 0 spiro atoms. The molecule has 8 heteroatoms. The van der Waals surface area contributed by atoms with E-state index in [9.17, 15) is 4.79 Å². The van der Waals surface area contributed by atoms with Crippen LogP contribution in [-0.2, 0) is 11.3 Å². The molecule has 34 heavy (non-hydrogen) atoms. The van der Waals surface area contributed by atoms with Gasteiger partial charge in [0.15, 0.2) is 5.65 Å². The van der Waals surface area contributed by atoms with Crippen LogP contribution in [0.4, 0.5) is 11.6 Å². The molecule has 0 saturated carbocycles. The van der Waals surface area contributed by atoms with Gasteiger partial charge in [0.25, 0.3) is 0 Å². The number of aromatic nitrogens is 3. The van der Waals surface area contributed by atoms with E-state index >= 15 is 0 Å². The number of ether oxygens (including phenoxy) is 1. The van der Waals surface area contributed by atoms with Gasteiger partial charge in [-0.3, -0.25) is 9.69 Å². The van der Waals surface area contributed by atoms with Gasteiger partial charge in [0.2, 0.25) is 12.4 Å².